The first-order chi connectivity index (χ1) is 11.1. The lowest BCUT2D eigenvalue weighted by Crippen LogP contribution is -2.26. The van der Waals surface area contributed by atoms with Crippen molar-refractivity contribution in [1.29, 1.82) is 0 Å². The van der Waals surface area contributed by atoms with Crippen LogP contribution in [-0.2, 0) is 9.59 Å². The van der Waals surface area contributed by atoms with Gasteiger partial charge in [-0.05, 0) is 49.9 Å². The second kappa shape index (κ2) is 8.14. The standard InChI is InChI=1S/C18H18FNO3/c19-14-11-9-13(10-12-14)5-1-4-8-17(21)20-16-7-3-2-6-15(16)18(22)23/h9-12H,2-4,6-8H2,(H,20,21)(H,22,23). The summed E-state index contributed by atoms with van der Waals surface area (Å²) in [5, 5.41) is 11.8. The van der Waals surface area contributed by atoms with E-state index in [2.05, 4.69) is 17.2 Å². The number of carboxylic acids is 1. The molecular weight excluding hydrogens is 297 g/mol. The number of hydrogen-bond acceptors (Lipinski definition) is 2. The van der Waals surface area contributed by atoms with Crippen molar-refractivity contribution < 1.29 is 19.1 Å². The Bertz CT molecular complexity index is 680. The van der Waals surface area contributed by atoms with Gasteiger partial charge in [-0.2, -0.15) is 0 Å². The van der Waals surface area contributed by atoms with Crippen molar-refractivity contribution >= 4 is 11.9 Å². The van der Waals surface area contributed by atoms with E-state index in [1.54, 1.807) is 12.1 Å². The Balaban J connectivity index is 1.86. The molecule has 0 saturated heterocycles. The van der Waals surface area contributed by atoms with E-state index in [1.165, 1.54) is 12.1 Å². The summed E-state index contributed by atoms with van der Waals surface area (Å²) in [7, 11) is 0. The molecule has 0 heterocycles. The molecule has 4 nitrogen and oxygen atoms in total. The molecule has 5 heteroatoms. The Kier molecular flexibility index (Phi) is 5.93. The zero-order chi connectivity index (χ0) is 16.7. The van der Waals surface area contributed by atoms with Gasteiger partial charge in [0, 0.05) is 24.1 Å². The molecule has 2 rings (SSSR count). The molecule has 23 heavy (non-hydrogen) atoms. The predicted molar refractivity (Wildman–Crippen MR) is 83.8 cm³/mol. The number of benzene rings is 1. The van der Waals surface area contributed by atoms with E-state index >= 15 is 0 Å². The molecule has 0 saturated carbocycles. The average molecular weight is 315 g/mol. The Morgan fingerprint density at radius 2 is 1.87 bits per heavy atom. The summed E-state index contributed by atoms with van der Waals surface area (Å²) >= 11 is 0. The minimum absolute atomic E-state index is 0.199. The summed E-state index contributed by atoms with van der Waals surface area (Å²) in [4.78, 5) is 23.0. The number of carbonyl (C=O) groups excluding carboxylic acids is 1. The van der Waals surface area contributed by atoms with Crippen molar-refractivity contribution in [2.75, 3.05) is 0 Å². The van der Waals surface area contributed by atoms with Crippen LogP contribution in [0.4, 0.5) is 4.39 Å². The van der Waals surface area contributed by atoms with Crippen molar-refractivity contribution in [3.05, 3.63) is 46.9 Å². The SMILES string of the molecule is O=C(CCC#Cc1ccc(F)cc1)NC1=C(C(=O)O)CCCC1. The second-order valence-electron chi connectivity index (χ2n) is 5.33. The topological polar surface area (TPSA) is 66.4 Å². The van der Waals surface area contributed by atoms with Crippen LogP contribution in [0.25, 0.3) is 0 Å². The van der Waals surface area contributed by atoms with Gasteiger partial charge in [0.05, 0.1) is 5.57 Å². The Morgan fingerprint density at radius 3 is 2.57 bits per heavy atom. The fourth-order valence-corrected chi connectivity index (χ4v) is 2.38. The second-order valence-corrected chi connectivity index (χ2v) is 5.33. The molecule has 1 amide bonds. The van der Waals surface area contributed by atoms with E-state index < -0.39 is 5.97 Å². The van der Waals surface area contributed by atoms with Crippen LogP contribution in [0.5, 0.6) is 0 Å². The molecular formula is C18H18FNO3. The van der Waals surface area contributed by atoms with Gasteiger partial charge in [-0.15, -0.1) is 0 Å². The van der Waals surface area contributed by atoms with Gasteiger partial charge in [-0.3, -0.25) is 4.79 Å². The van der Waals surface area contributed by atoms with Crippen LogP contribution in [0.1, 0.15) is 44.1 Å². The van der Waals surface area contributed by atoms with E-state index in [-0.39, 0.29) is 18.1 Å². The number of hydrogen-bond donors (Lipinski definition) is 2. The minimum Gasteiger partial charge on any atom is -0.478 e. The highest BCUT2D eigenvalue weighted by Crippen LogP contribution is 2.23. The quantitative estimate of drug-likeness (QED) is 0.840. The molecule has 120 valence electrons. The largest absolute Gasteiger partial charge is 0.478 e. The Hall–Kier alpha value is -2.61. The fourth-order valence-electron chi connectivity index (χ4n) is 2.38. The summed E-state index contributed by atoms with van der Waals surface area (Å²) in [6, 6.07) is 5.82. The maximum absolute atomic E-state index is 12.7. The molecule has 0 aliphatic heterocycles. The van der Waals surface area contributed by atoms with Crippen LogP contribution in [0.3, 0.4) is 0 Å². The third kappa shape index (κ3) is 5.26. The van der Waals surface area contributed by atoms with Crippen LogP contribution < -0.4 is 5.32 Å². The van der Waals surface area contributed by atoms with Crippen LogP contribution in [0, 0.1) is 17.7 Å². The smallest absolute Gasteiger partial charge is 0.333 e. The number of halogens is 1. The molecule has 1 aromatic rings. The summed E-state index contributed by atoms with van der Waals surface area (Å²) in [6.07, 6.45) is 3.37. The third-order valence-electron chi connectivity index (χ3n) is 3.57. The first-order valence-corrected chi connectivity index (χ1v) is 7.56. The molecule has 2 N–H and O–H groups in total. The van der Waals surface area contributed by atoms with E-state index in [0.717, 1.165) is 12.8 Å². The van der Waals surface area contributed by atoms with Crippen molar-refractivity contribution in [1.82, 2.24) is 5.32 Å². The van der Waals surface area contributed by atoms with Crippen molar-refractivity contribution in [2.24, 2.45) is 0 Å². The monoisotopic (exact) mass is 315 g/mol. The van der Waals surface area contributed by atoms with Gasteiger partial charge in [0.15, 0.2) is 0 Å². The number of nitrogens with one attached hydrogen (secondary N) is 1. The van der Waals surface area contributed by atoms with Gasteiger partial charge in [-0.1, -0.05) is 11.8 Å². The molecule has 0 fully saturated rings. The van der Waals surface area contributed by atoms with Crippen molar-refractivity contribution in [2.45, 2.75) is 38.5 Å². The molecule has 0 unspecified atom stereocenters. The lowest BCUT2D eigenvalue weighted by molar-refractivity contribution is -0.133. The summed E-state index contributed by atoms with van der Waals surface area (Å²) in [5.41, 5.74) is 1.53. The molecule has 0 bridgehead atoms. The molecule has 0 radical (unpaired) electrons. The van der Waals surface area contributed by atoms with Crippen molar-refractivity contribution in [3.63, 3.8) is 0 Å². The van der Waals surface area contributed by atoms with Gasteiger partial charge in [0.25, 0.3) is 0 Å². The van der Waals surface area contributed by atoms with Gasteiger partial charge in [0.1, 0.15) is 5.82 Å². The van der Waals surface area contributed by atoms with Crippen LogP contribution >= 0.6 is 0 Å². The molecule has 0 aromatic heterocycles. The first kappa shape index (κ1) is 16.8. The fraction of sp³-hybridized carbons (Fsp3) is 0.333. The zero-order valence-corrected chi connectivity index (χ0v) is 12.7. The maximum Gasteiger partial charge on any atom is 0.333 e. The summed E-state index contributed by atoms with van der Waals surface area (Å²) in [5.74, 6) is 4.21. The molecule has 1 aliphatic rings. The highest BCUT2D eigenvalue weighted by atomic mass is 19.1. The average Bonchev–Trinajstić information content (AvgIpc) is 2.53. The number of aliphatic carboxylic acids is 1. The predicted octanol–water partition coefficient (Wildman–Crippen LogP) is 2.99. The van der Waals surface area contributed by atoms with Gasteiger partial charge < -0.3 is 10.4 Å². The maximum atomic E-state index is 12.7. The summed E-state index contributed by atoms with van der Waals surface area (Å²) in [6.45, 7) is 0. The van der Waals surface area contributed by atoms with E-state index in [1.807, 2.05) is 0 Å². The first-order valence-electron chi connectivity index (χ1n) is 7.56. The highest BCUT2D eigenvalue weighted by Gasteiger charge is 2.19. The number of allylic oxidation sites excluding steroid dienone is 1. The minimum atomic E-state index is -0.962. The number of amides is 1. The molecule has 0 atom stereocenters. The number of carbonyl (C=O) groups is 2. The Labute approximate surface area is 134 Å². The molecule has 0 spiro atoms. The van der Waals surface area contributed by atoms with Crippen LogP contribution in [0.15, 0.2) is 35.5 Å². The van der Waals surface area contributed by atoms with Gasteiger partial charge in [0.2, 0.25) is 5.91 Å². The lowest BCUT2D eigenvalue weighted by Gasteiger charge is -2.18. The van der Waals surface area contributed by atoms with E-state index in [9.17, 15) is 14.0 Å². The van der Waals surface area contributed by atoms with Crippen molar-refractivity contribution in [3.8, 4) is 11.8 Å². The van der Waals surface area contributed by atoms with Gasteiger partial charge in [-0.25, -0.2) is 9.18 Å². The third-order valence-corrected chi connectivity index (χ3v) is 3.57. The normalized spacial score (nSPS) is 14.0. The van der Waals surface area contributed by atoms with Crippen LogP contribution in [-0.4, -0.2) is 17.0 Å². The van der Waals surface area contributed by atoms with E-state index in [0.29, 0.717) is 36.1 Å². The summed E-state index contributed by atoms with van der Waals surface area (Å²) < 4.78 is 12.7. The van der Waals surface area contributed by atoms with Crippen LogP contribution in [0.2, 0.25) is 0 Å². The lowest BCUT2D eigenvalue weighted by atomic mass is 9.96. The Morgan fingerprint density at radius 1 is 1.17 bits per heavy atom. The number of rotatable bonds is 4. The number of carboxylic acid groups (broad SMARTS) is 1. The van der Waals surface area contributed by atoms with Gasteiger partial charge >= 0.3 is 5.97 Å². The molecule has 1 aliphatic carbocycles. The zero-order valence-electron chi connectivity index (χ0n) is 12.7. The van der Waals surface area contributed by atoms with E-state index in [4.69, 9.17) is 5.11 Å². The molecule has 1 aromatic carbocycles. The highest BCUT2D eigenvalue weighted by molar-refractivity contribution is 5.89.